The summed E-state index contributed by atoms with van der Waals surface area (Å²) in [6.45, 7) is 3.97. The minimum Gasteiger partial charge on any atom is -0.439 e. The molecule has 0 fully saturated rings. The Hall–Kier alpha value is -4.06. The highest BCUT2D eigenvalue weighted by Crippen LogP contribution is 2.23. The lowest BCUT2D eigenvalue weighted by Crippen LogP contribution is -2.26. The maximum Gasteiger partial charge on any atom is 0.251 e. The van der Waals surface area contributed by atoms with E-state index >= 15 is 0 Å². The number of hydrogen-bond donors (Lipinski definition) is 1. The van der Waals surface area contributed by atoms with Crippen molar-refractivity contribution in [3.05, 3.63) is 108 Å². The van der Waals surface area contributed by atoms with Crippen LogP contribution in [0.1, 0.15) is 34.5 Å². The van der Waals surface area contributed by atoms with Gasteiger partial charge in [-0.05, 0) is 61.9 Å². The van der Waals surface area contributed by atoms with Gasteiger partial charge in [0.05, 0.1) is 6.04 Å². The minimum absolute atomic E-state index is 0.132. The van der Waals surface area contributed by atoms with Gasteiger partial charge in [0.2, 0.25) is 5.88 Å². The van der Waals surface area contributed by atoms with E-state index < -0.39 is 0 Å². The van der Waals surface area contributed by atoms with Crippen molar-refractivity contribution in [2.45, 2.75) is 19.9 Å². The lowest BCUT2D eigenvalue weighted by atomic mass is 10.1. The van der Waals surface area contributed by atoms with Gasteiger partial charge in [-0.3, -0.25) is 4.79 Å². The molecule has 0 radical (unpaired) electrons. The zero-order valence-electron chi connectivity index (χ0n) is 17.7. The zero-order valence-corrected chi connectivity index (χ0v) is 17.7. The van der Waals surface area contributed by atoms with Gasteiger partial charge in [0, 0.05) is 23.4 Å². The predicted molar refractivity (Wildman–Crippen MR) is 121 cm³/mol. The molecule has 4 rings (SSSR count). The molecule has 4 aromatic rings. The van der Waals surface area contributed by atoms with Crippen molar-refractivity contribution in [2.75, 3.05) is 0 Å². The number of carbonyl (C=O) groups is 1. The lowest BCUT2D eigenvalue weighted by molar-refractivity contribution is 0.0939. The molecule has 0 saturated heterocycles. The molecule has 1 aromatic heterocycles. The summed E-state index contributed by atoms with van der Waals surface area (Å²) in [7, 11) is 0. The number of nitrogens with one attached hydrogen (secondary N) is 1. The fourth-order valence-corrected chi connectivity index (χ4v) is 3.18. The Kier molecular flexibility index (Phi) is 6.22. The number of carbonyl (C=O) groups excluding carboxylic acids is 1. The molecule has 0 aliphatic rings. The van der Waals surface area contributed by atoms with Gasteiger partial charge in [-0.1, -0.05) is 35.9 Å². The molecule has 0 aliphatic heterocycles. The first-order valence-electron chi connectivity index (χ1n) is 10.2. The Morgan fingerprint density at radius 3 is 2.50 bits per heavy atom. The fourth-order valence-electron chi connectivity index (χ4n) is 3.18. The first-order valence-corrected chi connectivity index (χ1v) is 10.2. The van der Waals surface area contributed by atoms with Crippen molar-refractivity contribution in [3.63, 3.8) is 0 Å². The van der Waals surface area contributed by atoms with Crippen LogP contribution in [0.2, 0.25) is 0 Å². The molecule has 0 bridgehead atoms. The van der Waals surface area contributed by atoms with Crippen LogP contribution in [0, 0.1) is 12.7 Å². The third kappa shape index (κ3) is 5.16. The normalized spacial score (nSPS) is 11.6. The summed E-state index contributed by atoms with van der Waals surface area (Å²) in [5, 5.41) is 3.01. The van der Waals surface area contributed by atoms with Crippen LogP contribution < -0.4 is 10.1 Å². The molecule has 0 aliphatic carbocycles. The van der Waals surface area contributed by atoms with Crippen LogP contribution in [0.5, 0.6) is 11.6 Å². The van der Waals surface area contributed by atoms with Gasteiger partial charge in [0.1, 0.15) is 11.6 Å². The Morgan fingerprint density at radius 2 is 1.75 bits per heavy atom. The van der Waals surface area contributed by atoms with Crippen LogP contribution in [0.15, 0.2) is 85.1 Å². The molecule has 1 N–H and O–H groups in total. The largest absolute Gasteiger partial charge is 0.439 e. The summed E-state index contributed by atoms with van der Waals surface area (Å²) >= 11 is 0. The van der Waals surface area contributed by atoms with Crippen LogP contribution in [-0.2, 0) is 0 Å². The van der Waals surface area contributed by atoms with Crippen molar-refractivity contribution >= 4 is 5.91 Å². The van der Waals surface area contributed by atoms with E-state index in [1.165, 1.54) is 17.7 Å². The maximum absolute atomic E-state index is 13.2. The Balaban J connectivity index is 1.47. The number of aryl methyl sites for hydroxylation is 1. The Labute approximate surface area is 185 Å². The predicted octanol–water partition coefficient (Wildman–Crippen LogP) is 5.87. The van der Waals surface area contributed by atoms with Gasteiger partial charge < -0.3 is 10.1 Å². The van der Waals surface area contributed by atoms with Crippen molar-refractivity contribution in [3.8, 4) is 23.0 Å². The van der Waals surface area contributed by atoms with E-state index in [0.29, 0.717) is 28.6 Å². The summed E-state index contributed by atoms with van der Waals surface area (Å²) in [6.07, 6.45) is 1.57. The number of halogens is 1. The van der Waals surface area contributed by atoms with Crippen LogP contribution in [0.4, 0.5) is 4.39 Å². The van der Waals surface area contributed by atoms with E-state index in [2.05, 4.69) is 15.3 Å². The molecule has 1 atom stereocenters. The van der Waals surface area contributed by atoms with Gasteiger partial charge in [-0.25, -0.2) is 9.37 Å². The van der Waals surface area contributed by atoms with Gasteiger partial charge in [-0.15, -0.1) is 0 Å². The first kappa shape index (κ1) is 21.2. The molecule has 3 aromatic carbocycles. The SMILES string of the molecule is Cc1ccc([C@H](C)NC(=O)c2cccc(Oc3ccnc(-c4ccc(F)cc4)n3)c2)cc1. The van der Waals surface area contributed by atoms with Crippen LogP contribution in [0.25, 0.3) is 11.4 Å². The van der Waals surface area contributed by atoms with E-state index in [1.54, 1.807) is 48.7 Å². The van der Waals surface area contributed by atoms with Crippen molar-refractivity contribution in [2.24, 2.45) is 0 Å². The molecular weight excluding hydrogens is 405 g/mol. The number of nitrogens with zero attached hydrogens (tertiary/aromatic N) is 2. The molecule has 0 unspecified atom stereocenters. The smallest absolute Gasteiger partial charge is 0.251 e. The number of rotatable bonds is 6. The molecule has 6 heteroatoms. The van der Waals surface area contributed by atoms with Crippen LogP contribution in [-0.4, -0.2) is 15.9 Å². The van der Waals surface area contributed by atoms with Gasteiger partial charge >= 0.3 is 0 Å². The number of benzene rings is 3. The number of hydrogen-bond acceptors (Lipinski definition) is 4. The first-order chi connectivity index (χ1) is 15.5. The van der Waals surface area contributed by atoms with Gasteiger partial charge in [-0.2, -0.15) is 4.98 Å². The molecule has 0 saturated carbocycles. The van der Waals surface area contributed by atoms with Crippen LogP contribution >= 0.6 is 0 Å². The molecule has 1 heterocycles. The second-order valence-corrected chi connectivity index (χ2v) is 7.46. The second-order valence-electron chi connectivity index (χ2n) is 7.46. The molecule has 160 valence electrons. The van der Waals surface area contributed by atoms with Crippen molar-refractivity contribution < 1.29 is 13.9 Å². The Morgan fingerprint density at radius 1 is 1.00 bits per heavy atom. The number of aromatic nitrogens is 2. The summed E-state index contributed by atoms with van der Waals surface area (Å²) in [4.78, 5) is 21.3. The lowest BCUT2D eigenvalue weighted by Gasteiger charge is -2.15. The summed E-state index contributed by atoms with van der Waals surface area (Å²) in [5.74, 6) is 0.698. The topological polar surface area (TPSA) is 64.1 Å². The highest BCUT2D eigenvalue weighted by molar-refractivity contribution is 5.94. The van der Waals surface area contributed by atoms with E-state index in [4.69, 9.17) is 4.74 Å². The van der Waals surface area contributed by atoms with Crippen molar-refractivity contribution in [1.29, 1.82) is 0 Å². The van der Waals surface area contributed by atoms with Gasteiger partial charge in [0.25, 0.3) is 5.91 Å². The third-order valence-corrected chi connectivity index (χ3v) is 4.98. The van der Waals surface area contributed by atoms with Crippen molar-refractivity contribution in [1.82, 2.24) is 15.3 Å². The molecular formula is C26H22FN3O2. The third-order valence-electron chi connectivity index (χ3n) is 4.98. The Bertz CT molecular complexity index is 1220. The van der Waals surface area contributed by atoms with Gasteiger partial charge in [0.15, 0.2) is 5.82 Å². The molecule has 32 heavy (non-hydrogen) atoms. The van der Waals surface area contributed by atoms with E-state index in [0.717, 1.165) is 5.56 Å². The summed E-state index contributed by atoms with van der Waals surface area (Å²) in [6, 6.07) is 22.4. The zero-order chi connectivity index (χ0) is 22.5. The summed E-state index contributed by atoms with van der Waals surface area (Å²) < 4.78 is 19.0. The monoisotopic (exact) mass is 427 g/mol. The number of amides is 1. The highest BCUT2D eigenvalue weighted by atomic mass is 19.1. The van der Waals surface area contributed by atoms with E-state index in [9.17, 15) is 9.18 Å². The van der Waals surface area contributed by atoms with E-state index in [-0.39, 0.29) is 17.8 Å². The quantitative estimate of drug-likeness (QED) is 0.418. The average Bonchev–Trinajstić information content (AvgIpc) is 2.80. The average molecular weight is 427 g/mol. The maximum atomic E-state index is 13.2. The fraction of sp³-hybridized carbons (Fsp3) is 0.115. The standard InChI is InChI=1S/C26H22FN3O2/c1-17-6-8-19(9-7-17)18(2)29-26(31)21-4-3-5-23(16-21)32-24-14-15-28-25(30-24)20-10-12-22(27)13-11-20/h3-16,18H,1-2H3,(H,29,31)/t18-/m0/s1. The summed E-state index contributed by atoms with van der Waals surface area (Å²) in [5.41, 5.74) is 3.36. The minimum atomic E-state index is -0.326. The van der Waals surface area contributed by atoms with Crippen LogP contribution in [0.3, 0.4) is 0 Å². The second kappa shape index (κ2) is 9.39. The van der Waals surface area contributed by atoms with E-state index in [1.807, 2.05) is 38.1 Å². The molecule has 1 amide bonds. The molecule has 5 nitrogen and oxygen atoms in total. The highest BCUT2D eigenvalue weighted by Gasteiger charge is 2.13. The molecule has 0 spiro atoms. The number of ether oxygens (including phenoxy) is 1.